The highest BCUT2D eigenvalue weighted by Crippen LogP contribution is 2.01. The molecule has 13 heavy (non-hydrogen) atoms. The number of carboxylic acids is 1. The van der Waals surface area contributed by atoms with Crippen LogP contribution in [0.1, 0.15) is 24.7 Å². The minimum absolute atomic E-state index is 0.0285. The van der Waals surface area contributed by atoms with Gasteiger partial charge in [-0.3, -0.25) is 4.79 Å². The Labute approximate surface area is 76.7 Å². The van der Waals surface area contributed by atoms with Crippen LogP contribution in [0.4, 0.5) is 0 Å². The normalized spacial score (nSPS) is 9.92. The lowest BCUT2D eigenvalue weighted by Gasteiger charge is -1.99. The summed E-state index contributed by atoms with van der Waals surface area (Å²) in [6.07, 6.45) is 3.27. The smallest absolute Gasteiger partial charge is 0.309 e. The quantitative estimate of drug-likeness (QED) is 0.752. The lowest BCUT2D eigenvalue weighted by atomic mass is 10.2. The van der Waals surface area contributed by atoms with E-state index < -0.39 is 5.97 Å². The Morgan fingerprint density at radius 2 is 2.15 bits per heavy atom. The second-order valence-corrected chi connectivity index (χ2v) is 2.82. The van der Waals surface area contributed by atoms with Crippen LogP contribution in [0, 0.1) is 0 Å². The molecule has 0 unspecified atom stereocenters. The molecule has 0 aliphatic heterocycles. The van der Waals surface area contributed by atoms with E-state index in [2.05, 4.69) is 16.9 Å². The summed E-state index contributed by atoms with van der Waals surface area (Å²) in [5.74, 6) is -0.860. The van der Waals surface area contributed by atoms with Gasteiger partial charge in [0, 0.05) is 5.69 Å². The minimum Gasteiger partial charge on any atom is -0.481 e. The maximum Gasteiger partial charge on any atom is 0.309 e. The van der Waals surface area contributed by atoms with Crippen LogP contribution in [0.15, 0.2) is 12.4 Å². The van der Waals surface area contributed by atoms with E-state index in [1.54, 1.807) is 6.07 Å². The number of aliphatic carboxylic acids is 1. The SMILES string of the molecule is CCCc1cc(CC(=O)O)ncn1. The average molecular weight is 180 g/mol. The number of carboxylic acid groups (broad SMARTS) is 1. The van der Waals surface area contributed by atoms with Crippen molar-refractivity contribution in [3.8, 4) is 0 Å². The van der Waals surface area contributed by atoms with Crippen molar-refractivity contribution in [1.29, 1.82) is 0 Å². The van der Waals surface area contributed by atoms with Gasteiger partial charge >= 0.3 is 5.97 Å². The Morgan fingerprint density at radius 1 is 1.46 bits per heavy atom. The number of hydrogen-bond donors (Lipinski definition) is 1. The van der Waals surface area contributed by atoms with Crippen LogP contribution in [0.25, 0.3) is 0 Å². The fourth-order valence-electron chi connectivity index (χ4n) is 1.09. The van der Waals surface area contributed by atoms with Gasteiger partial charge in [-0.25, -0.2) is 9.97 Å². The summed E-state index contributed by atoms with van der Waals surface area (Å²) in [7, 11) is 0. The molecule has 0 aromatic carbocycles. The van der Waals surface area contributed by atoms with E-state index in [4.69, 9.17) is 5.11 Å². The number of carbonyl (C=O) groups is 1. The molecule has 0 aliphatic rings. The third-order valence-corrected chi connectivity index (χ3v) is 1.62. The molecule has 70 valence electrons. The topological polar surface area (TPSA) is 63.1 Å². The van der Waals surface area contributed by atoms with Gasteiger partial charge in [0.2, 0.25) is 0 Å². The lowest BCUT2D eigenvalue weighted by Crippen LogP contribution is -2.03. The lowest BCUT2D eigenvalue weighted by molar-refractivity contribution is -0.136. The zero-order valence-corrected chi connectivity index (χ0v) is 7.53. The van der Waals surface area contributed by atoms with E-state index in [1.807, 2.05) is 0 Å². The molecule has 1 aromatic heterocycles. The first-order valence-corrected chi connectivity index (χ1v) is 4.24. The molecule has 0 saturated heterocycles. The Morgan fingerprint density at radius 3 is 2.77 bits per heavy atom. The fraction of sp³-hybridized carbons (Fsp3) is 0.444. The van der Waals surface area contributed by atoms with E-state index in [0.29, 0.717) is 5.69 Å². The van der Waals surface area contributed by atoms with Gasteiger partial charge in [0.05, 0.1) is 12.1 Å². The number of aryl methyl sites for hydroxylation is 1. The molecule has 0 fully saturated rings. The van der Waals surface area contributed by atoms with Crippen LogP contribution < -0.4 is 0 Å². The average Bonchev–Trinajstić information content (AvgIpc) is 2.04. The first kappa shape index (κ1) is 9.64. The van der Waals surface area contributed by atoms with Crippen LogP contribution in [0.3, 0.4) is 0 Å². The molecular weight excluding hydrogens is 168 g/mol. The van der Waals surface area contributed by atoms with E-state index in [0.717, 1.165) is 18.5 Å². The molecule has 0 spiro atoms. The molecular formula is C9H12N2O2. The van der Waals surface area contributed by atoms with Gasteiger partial charge in [0.25, 0.3) is 0 Å². The maximum absolute atomic E-state index is 10.4. The van der Waals surface area contributed by atoms with Crippen molar-refractivity contribution in [2.75, 3.05) is 0 Å². The van der Waals surface area contributed by atoms with Crippen LogP contribution in [0.5, 0.6) is 0 Å². The molecule has 4 heteroatoms. The third-order valence-electron chi connectivity index (χ3n) is 1.62. The Balaban J connectivity index is 2.73. The van der Waals surface area contributed by atoms with E-state index in [-0.39, 0.29) is 6.42 Å². The van der Waals surface area contributed by atoms with Crippen molar-refractivity contribution in [1.82, 2.24) is 9.97 Å². The molecule has 1 heterocycles. The number of hydrogen-bond acceptors (Lipinski definition) is 3. The Kier molecular flexibility index (Phi) is 3.37. The van der Waals surface area contributed by atoms with Crippen LogP contribution >= 0.6 is 0 Å². The summed E-state index contributed by atoms with van der Waals surface area (Å²) in [4.78, 5) is 18.3. The molecule has 1 rings (SSSR count). The number of nitrogens with zero attached hydrogens (tertiary/aromatic N) is 2. The summed E-state index contributed by atoms with van der Waals surface area (Å²) in [5, 5.41) is 8.53. The molecule has 1 N–H and O–H groups in total. The zero-order chi connectivity index (χ0) is 9.68. The molecule has 0 atom stereocenters. The largest absolute Gasteiger partial charge is 0.481 e. The number of aromatic nitrogens is 2. The van der Waals surface area contributed by atoms with Crippen LogP contribution in [0.2, 0.25) is 0 Å². The van der Waals surface area contributed by atoms with Crippen LogP contribution in [-0.2, 0) is 17.6 Å². The van der Waals surface area contributed by atoms with E-state index in [1.165, 1.54) is 6.33 Å². The second-order valence-electron chi connectivity index (χ2n) is 2.82. The monoisotopic (exact) mass is 180 g/mol. The first-order chi connectivity index (χ1) is 6.22. The summed E-state index contributed by atoms with van der Waals surface area (Å²) in [5.41, 5.74) is 1.49. The molecule has 0 bridgehead atoms. The summed E-state index contributed by atoms with van der Waals surface area (Å²) < 4.78 is 0. The van der Waals surface area contributed by atoms with Crippen molar-refractivity contribution in [2.24, 2.45) is 0 Å². The summed E-state index contributed by atoms with van der Waals surface area (Å²) in [6.45, 7) is 2.05. The first-order valence-electron chi connectivity index (χ1n) is 4.24. The van der Waals surface area contributed by atoms with Gasteiger partial charge in [-0.1, -0.05) is 13.3 Å². The van der Waals surface area contributed by atoms with Gasteiger partial charge in [-0.05, 0) is 12.5 Å². The van der Waals surface area contributed by atoms with Gasteiger partial charge < -0.3 is 5.11 Å². The molecule has 0 amide bonds. The van der Waals surface area contributed by atoms with E-state index >= 15 is 0 Å². The van der Waals surface area contributed by atoms with Crippen molar-refractivity contribution in [2.45, 2.75) is 26.2 Å². The highest BCUT2D eigenvalue weighted by Gasteiger charge is 2.02. The molecule has 0 aliphatic carbocycles. The van der Waals surface area contributed by atoms with Crippen molar-refractivity contribution >= 4 is 5.97 Å². The highest BCUT2D eigenvalue weighted by molar-refractivity contribution is 5.69. The van der Waals surface area contributed by atoms with Crippen molar-refractivity contribution in [3.63, 3.8) is 0 Å². The maximum atomic E-state index is 10.4. The zero-order valence-electron chi connectivity index (χ0n) is 7.53. The third kappa shape index (κ3) is 3.19. The van der Waals surface area contributed by atoms with Crippen LogP contribution in [-0.4, -0.2) is 21.0 Å². The minimum atomic E-state index is -0.860. The molecule has 0 saturated carbocycles. The predicted octanol–water partition coefficient (Wildman–Crippen LogP) is 1.06. The van der Waals surface area contributed by atoms with E-state index in [9.17, 15) is 4.79 Å². The second kappa shape index (κ2) is 4.54. The Bertz CT molecular complexity index is 299. The molecule has 0 radical (unpaired) electrons. The van der Waals surface area contributed by atoms with Crippen molar-refractivity contribution in [3.05, 3.63) is 23.8 Å². The molecule has 1 aromatic rings. The fourth-order valence-corrected chi connectivity index (χ4v) is 1.09. The summed E-state index contributed by atoms with van der Waals surface area (Å²) >= 11 is 0. The number of rotatable bonds is 4. The highest BCUT2D eigenvalue weighted by atomic mass is 16.4. The van der Waals surface area contributed by atoms with Gasteiger partial charge in [0.15, 0.2) is 0 Å². The van der Waals surface area contributed by atoms with Gasteiger partial charge in [-0.15, -0.1) is 0 Å². The molecule has 4 nitrogen and oxygen atoms in total. The predicted molar refractivity (Wildman–Crippen MR) is 47.4 cm³/mol. The van der Waals surface area contributed by atoms with Crippen molar-refractivity contribution < 1.29 is 9.90 Å². The Hall–Kier alpha value is -1.45. The van der Waals surface area contributed by atoms with Gasteiger partial charge in [-0.2, -0.15) is 0 Å². The standard InChI is InChI=1S/C9H12N2O2/c1-2-3-7-4-8(5-9(12)13)11-6-10-7/h4,6H,2-3,5H2,1H3,(H,12,13). The summed E-state index contributed by atoms with van der Waals surface area (Å²) in [6, 6.07) is 1.75. The van der Waals surface area contributed by atoms with Gasteiger partial charge in [0.1, 0.15) is 6.33 Å².